The van der Waals surface area contributed by atoms with Crippen LogP contribution in [0.2, 0.25) is 0 Å². The summed E-state index contributed by atoms with van der Waals surface area (Å²) in [6.45, 7) is 0. The van der Waals surface area contributed by atoms with Crippen LogP contribution < -0.4 is 0 Å². The lowest BCUT2D eigenvalue weighted by atomic mass is 10.3. The van der Waals surface area contributed by atoms with E-state index >= 15 is 0 Å². The van der Waals surface area contributed by atoms with Crippen LogP contribution in [0.25, 0.3) is 0 Å². The van der Waals surface area contributed by atoms with Gasteiger partial charge in [0.15, 0.2) is 5.82 Å². The Morgan fingerprint density at radius 1 is 1.80 bits per heavy atom. The number of carbonyl (C=O) groups is 1. The second kappa shape index (κ2) is 2.42. The van der Waals surface area contributed by atoms with Crippen molar-refractivity contribution >= 4 is 21.9 Å². The minimum Gasteiger partial charge on any atom is -0.477 e. The predicted molar refractivity (Wildman–Crippen MR) is 33.3 cm³/mol. The third-order valence-electron chi connectivity index (χ3n) is 0.920. The molecular formula is C5H2BrFO3. The molecule has 10 heavy (non-hydrogen) atoms. The van der Waals surface area contributed by atoms with Gasteiger partial charge in [0.25, 0.3) is 0 Å². The number of rotatable bonds is 1. The number of carboxylic acid groups (broad SMARTS) is 1. The molecule has 0 amide bonds. The lowest BCUT2D eigenvalue weighted by Crippen LogP contribution is -1.95. The highest BCUT2D eigenvalue weighted by Crippen LogP contribution is 2.20. The van der Waals surface area contributed by atoms with Gasteiger partial charge in [-0.1, -0.05) is 0 Å². The molecule has 0 fully saturated rings. The monoisotopic (exact) mass is 208 g/mol. The van der Waals surface area contributed by atoms with Crippen LogP contribution in [0.1, 0.15) is 10.4 Å². The summed E-state index contributed by atoms with van der Waals surface area (Å²) in [6, 6.07) is 0. The molecule has 1 aromatic heterocycles. The first-order chi connectivity index (χ1) is 4.63. The number of hydrogen-bond acceptors (Lipinski definition) is 2. The molecule has 0 aliphatic heterocycles. The van der Waals surface area contributed by atoms with Crippen molar-refractivity contribution in [2.75, 3.05) is 0 Å². The molecule has 0 saturated carbocycles. The first-order valence-corrected chi connectivity index (χ1v) is 3.08. The smallest absolute Gasteiger partial charge is 0.342 e. The second-order valence-electron chi connectivity index (χ2n) is 1.54. The van der Waals surface area contributed by atoms with Crippen LogP contribution in [-0.4, -0.2) is 11.1 Å². The van der Waals surface area contributed by atoms with E-state index in [2.05, 4.69) is 20.3 Å². The molecule has 0 unspecified atom stereocenters. The van der Waals surface area contributed by atoms with E-state index in [1.54, 1.807) is 0 Å². The fourth-order valence-electron chi connectivity index (χ4n) is 0.464. The van der Waals surface area contributed by atoms with Crippen molar-refractivity contribution < 1.29 is 18.7 Å². The number of hydrogen-bond donors (Lipinski definition) is 1. The second-order valence-corrected chi connectivity index (χ2v) is 2.26. The Bertz CT molecular complexity index is 268. The normalized spacial score (nSPS) is 9.80. The molecule has 0 saturated heterocycles. The van der Waals surface area contributed by atoms with Gasteiger partial charge in [0.05, 0.1) is 0 Å². The average molecular weight is 209 g/mol. The standard InChI is InChI=1S/C5H2BrFO3/c6-4-3(7)2(1-10-4)5(8)9/h1H,(H,8,9). The summed E-state index contributed by atoms with van der Waals surface area (Å²) in [5, 5.41) is 8.26. The fraction of sp³-hybridized carbons (Fsp3) is 0. The van der Waals surface area contributed by atoms with Gasteiger partial charge in [0, 0.05) is 0 Å². The molecule has 0 radical (unpaired) electrons. The molecule has 3 nitrogen and oxygen atoms in total. The van der Waals surface area contributed by atoms with Gasteiger partial charge >= 0.3 is 5.97 Å². The third kappa shape index (κ3) is 1.04. The molecule has 0 aromatic carbocycles. The van der Waals surface area contributed by atoms with Crippen molar-refractivity contribution in [2.45, 2.75) is 0 Å². The van der Waals surface area contributed by atoms with E-state index in [4.69, 9.17) is 5.11 Å². The van der Waals surface area contributed by atoms with E-state index in [-0.39, 0.29) is 4.67 Å². The molecular weight excluding hydrogens is 207 g/mol. The van der Waals surface area contributed by atoms with Gasteiger partial charge in [-0.15, -0.1) is 0 Å². The molecule has 0 spiro atoms. The van der Waals surface area contributed by atoms with Gasteiger partial charge in [0.2, 0.25) is 4.67 Å². The highest BCUT2D eigenvalue weighted by molar-refractivity contribution is 9.10. The molecule has 0 atom stereocenters. The SMILES string of the molecule is O=C(O)c1coc(Br)c1F. The van der Waals surface area contributed by atoms with E-state index in [9.17, 15) is 9.18 Å². The average Bonchev–Trinajstić information content (AvgIpc) is 2.14. The summed E-state index contributed by atoms with van der Waals surface area (Å²) in [7, 11) is 0. The Labute approximate surface area is 63.6 Å². The molecule has 1 heterocycles. The Morgan fingerprint density at radius 2 is 2.40 bits per heavy atom. The molecule has 1 rings (SSSR count). The summed E-state index contributed by atoms with van der Waals surface area (Å²) in [4.78, 5) is 10.1. The van der Waals surface area contributed by atoms with Crippen molar-refractivity contribution in [1.29, 1.82) is 0 Å². The highest BCUT2D eigenvalue weighted by atomic mass is 79.9. The van der Waals surface area contributed by atoms with Crippen LogP contribution in [0.15, 0.2) is 15.3 Å². The Morgan fingerprint density at radius 3 is 2.60 bits per heavy atom. The van der Waals surface area contributed by atoms with Gasteiger partial charge in [-0.25, -0.2) is 9.18 Å². The Balaban J connectivity index is 3.17. The van der Waals surface area contributed by atoms with Crippen LogP contribution in [0, 0.1) is 5.82 Å². The van der Waals surface area contributed by atoms with Crippen molar-refractivity contribution in [3.8, 4) is 0 Å². The minimum absolute atomic E-state index is 0.190. The number of carboxylic acids is 1. The first kappa shape index (κ1) is 7.27. The minimum atomic E-state index is -1.34. The maximum absolute atomic E-state index is 12.5. The summed E-state index contributed by atoms with van der Waals surface area (Å²) in [5.74, 6) is -2.22. The van der Waals surface area contributed by atoms with Crippen LogP contribution in [-0.2, 0) is 0 Å². The largest absolute Gasteiger partial charge is 0.477 e. The summed E-state index contributed by atoms with van der Waals surface area (Å²) in [6.07, 6.45) is 0.835. The molecule has 54 valence electrons. The summed E-state index contributed by atoms with van der Waals surface area (Å²) >= 11 is 2.68. The molecule has 5 heteroatoms. The quantitative estimate of drug-likeness (QED) is 0.767. The lowest BCUT2D eigenvalue weighted by molar-refractivity contribution is 0.0691. The molecule has 0 aliphatic rings. The Kier molecular flexibility index (Phi) is 1.76. The molecule has 1 aromatic rings. The molecule has 0 bridgehead atoms. The molecule has 0 aliphatic carbocycles. The fourth-order valence-corrected chi connectivity index (χ4v) is 0.771. The number of aromatic carboxylic acids is 1. The van der Waals surface area contributed by atoms with E-state index in [1.165, 1.54) is 0 Å². The van der Waals surface area contributed by atoms with Crippen LogP contribution >= 0.6 is 15.9 Å². The van der Waals surface area contributed by atoms with E-state index in [1.807, 2.05) is 0 Å². The van der Waals surface area contributed by atoms with Crippen molar-refractivity contribution in [3.63, 3.8) is 0 Å². The van der Waals surface area contributed by atoms with E-state index in [0.29, 0.717) is 0 Å². The molecule has 1 N–H and O–H groups in total. The predicted octanol–water partition coefficient (Wildman–Crippen LogP) is 1.88. The van der Waals surface area contributed by atoms with Gasteiger partial charge < -0.3 is 9.52 Å². The number of furan rings is 1. The van der Waals surface area contributed by atoms with Gasteiger partial charge in [0.1, 0.15) is 11.8 Å². The lowest BCUT2D eigenvalue weighted by Gasteiger charge is -1.82. The zero-order valence-corrected chi connectivity index (χ0v) is 6.18. The van der Waals surface area contributed by atoms with Crippen LogP contribution in [0.4, 0.5) is 4.39 Å². The van der Waals surface area contributed by atoms with Crippen LogP contribution in [0.3, 0.4) is 0 Å². The van der Waals surface area contributed by atoms with Crippen molar-refractivity contribution in [3.05, 3.63) is 22.3 Å². The Hall–Kier alpha value is -0.840. The van der Waals surface area contributed by atoms with Crippen molar-refractivity contribution in [1.82, 2.24) is 0 Å². The number of halogens is 2. The maximum atomic E-state index is 12.5. The van der Waals surface area contributed by atoms with Gasteiger partial charge in [-0.05, 0) is 15.9 Å². The third-order valence-corrected chi connectivity index (χ3v) is 1.45. The van der Waals surface area contributed by atoms with Gasteiger partial charge in [-0.2, -0.15) is 0 Å². The maximum Gasteiger partial charge on any atom is 0.342 e. The summed E-state index contributed by atoms with van der Waals surface area (Å²) < 4.78 is 16.7. The zero-order valence-electron chi connectivity index (χ0n) is 4.60. The van der Waals surface area contributed by atoms with Crippen LogP contribution in [0.5, 0.6) is 0 Å². The van der Waals surface area contributed by atoms with Gasteiger partial charge in [-0.3, -0.25) is 0 Å². The topological polar surface area (TPSA) is 50.4 Å². The summed E-state index contributed by atoms with van der Waals surface area (Å²) in [5.41, 5.74) is -0.466. The first-order valence-electron chi connectivity index (χ1n) is 2.28. The highest BCUT2D eigenvalue weighted by Gasteiger charge is 2.16. The van der Waals surface area contributed by atoms with Crippen molar-refractivity contribution in [2.24, 2.45) is 0 Å². The van der Waals surface area contributed by atoms with E-state index in [0.717, 1.165) is 6.26 Å². The zero-order chi connectivity index (χ0) is 7.72. The van der Waals surface area contributed by atoms with E-state index < -0.39 is 17.3 Å².